The summed E-state index contributed by atoms with van der Waals surface area (Å²) in [4.78, 5) is 2.50. The van der Waals surface area contributed by atoms with Crippen molar-refractivity contribution in [1.29, 1.82) is 0 Å². The van der Waals surface area contributed by atoms with Crippen LogP contribution in [0, 0.1) is 0 Å². The van der Waals surface area contributed by atoms with Crippen LogP contribution in [0.25, 0.3) is 0 Å². The molecule has 0 saturated carbocycles. The largest absolute Gasteiger partial charge is 0.547 e. The fraction of sp³-hybridized carbons (Fsp3) is 0.818. The Kier molecular flexibility index (Phi) is 2.47. The Labute approximate surface area is 88.1 Å². The first kappa shape index (κ1) is 10.2. The van der Waals surface area contributed by atoms with Crippen molar-refractivity contribution in [3.05, 3.63) is 11.8 Å². The third-order valence-corrected chi connectivity index (χ3v) is 4.02. The fourth-order valence-electron chi connectivity index (χ4n) is 2.47. The third kappa shape index (κ3) is 2.03. The molecule has 2 aliphatic rings. The Morgan fingerprint density at radius 2 is 2.07 bits per heavy atom. The van der Waals surface area contributed by atoms with Crippen LogP contribution in [0.15, 0.2) is 11.8 Å². The second kappa shape index (κ2) is 3.38. The van der Waals surface area contributed by atoms with Crippen molar-refractivity contribution in [2.45, 2.75) is 51.0 Å². The molecule has 14 heavy (non-hydrogen) atoms. The molecule has 0 spiro atoms. The predicted molar refractivity (Wildman–Crippen MR) is 61.7 cm³/mol. The van der Waals surface area contributed by atoms with Gasteiger partial charge in [0.1, 0.15) is 0 Å². The van der Waals surface area contributed by atoms with Crippen LogP contribution in [-0.4, -0.2) is 32.3 Å². The van der Waals surface area contributed by atoms with Gasteiger partial charge in [-0.2, -0.15) is 0 Å². The summed E-state index contributed by atoms with van der Waals surface area (Å²) in [6, 6.07) is 1.40. The molecule has 0 radical (unpaired) electrons. The summed E-state index contributed by atoms with van der Waals surface area (Å²) < 4.78 is 6.08. The summed E-state index contributed by atoms with van der Waals surface area (Å²) in [5.41, 5.74) is 0. The fourth-order valence-corrected chi connectivity index (χ4v) is 3.41. The van der Waals surface area contributed by atoms with Crippen molar-refractivity contribution in [2.24, 2.45) is 0 Å². The van der Waals surface area contributed by atoms with E-state index < -0.39 is 8.32 Å². The van der Waals surface area contributed by atoms with Crippen LogP contribution in [0.1, 0.15) is 19.3 Å². The maximum atomic E-state index is 6.08. The van der Waals surface area contributed by atoms with E-state index in [1.54, 1.807) is 0 Å². The molecule has 2 aliphatic heterocycles. The van der Waals surface area contributed by atoms with Crippen LogP contribution in [0.2, 0.25) is 19.6 Å². The summed E-state index contributed by atoms with van der Waals surface area (Å²) >= 11 is 0. The molecule has 2 bridgehead atoms. The minimum absolute atomic E-state index is 0.653. The topological polar surface area (TPSA) is 12.5 Å². The highest BCUT2D eigenvalue weighted by Gasteiger charge is 2.35. The number of hydrogen-bond acceptors (Lipinski definition) is 2. The van der Waals surface area contributed by atoms with Crippen molar-refractivity contribution in [2.75, 3.05) is 7.05 Å². The summed E-state index contributed by atoms with van der Waals surface area (Å²) in [5.74, 6) is 1.27. The van der Waals surface area contributed by atoms with Crippen molar-refractivity contribution in [1.82, 2.24) is 4.90 Å². The van der Waals surface area contributed by atoms with Crippen LogP contribution in [0.5, 0.6) is 0 Å². The average molecular weight is 211 g/mol. The highest BCUT2D eigenvalue weighted by Crippen LogP contribution is 2.34. The van der Waals surface area contributed by atoms with E-state index in [1.807, 2.05) is 0 Å². The van der Waals surface area contributed by atoms with E-state index in [-0.39, 0.29) is 0 Å². The molecule has 3 heteroatoms. The number of likely N-dealkylation sites (N-methyl/N-ethyl adjacent to an activating group) is 1. The molecule has 0 amide bonds. The lowest BCUT2D eigenvalue weighted by atomic mass is 10.1. The number of nitrogens with zero attached hydrogens (tertiary/aromatic N) is 1. The van der Waals surface area contributed by atoms with Gasteiger partial charge in [-0.25, -0.2) is 0 Å². The molecule has 2 unspecified atom stereocenters. The van der Waals surface area contributed by atoms with Gasteiger partial charge in [0.2, 0.25) is 8.32 Å². The molecule has 2 nitrogen and oxygen atoms in total. The molecule has 0 aliphatic carbocycles. The number of hydrogen-bond donors (Lipinski definition) is 0. The maximum Gasteiger partial charge on any atom is 0.241 e. The highest BCUT2D eigenvalue weighted by molar-refractivity contribution is 6.70. The lowest BCUT2D eigenvalue weighted by Crippen LogP contribution is -2.37. The Morgan fingerprint density at radius 3 is 2.64 bits per heavy atom. The van der Waals surface area contributed by atoms with E-state index in [2.05, 4.69) is 37.7 Å². The second-order valence-corrected chi connectivity index (χ2v) is 9.94. The summed E-state index contributed by atoms with van der Waals surface area (Å²) in [7, 11) is 0.855. The van der Waals surface area contributed by atoms with Gasteiger partial charge in [-0.15, -0.1) is 0 Å². The van der Waals surface area contributed by atoms with Gasteiger partial charge in [0.05, 0.1) is 5.76 Å². The zero-order chi connectivity index (χ0) is 10.3. The first-order valence-electron chi connectivity index (χ1n) is 5.57. The van der Waals surface area contributed by atoms with Crippen LogP contribution >= 0.6 is 0 Å². The van der Waals surface area contributed by atoms with Crippen molar-refractivity contribution >= 4 is 8.32 Å². The van der Waals surface area contributed by atoms with Gasteiger partial charge in [0.15, 0.2) is 0 Å². The molecular weight excluding hydrogens is 190 g/mol. The Morgan fingerprint density at radius 1 is 1.36 bits per heavy atom. The van der Waals surface area contributed by atoms with Crippen LogP contribution in [-0.2, 0) is 4.43 Å². The van der Waals surface area contributed by atoms with Gasteiger partial charge in [0.25, 0.3) is 0 Å². The van der Waals surface area contributed by atoms with Gasteiger partial charge < -0.3 is 4.43 Å². The average Bonchev–Trinajstić information content (AvgIpc) is 2.32. The predicted octanol–water partition coefficient (Wildman–Crippen LogP) is 2.59. The van der Waals surface area contributed by atoms with E-state index >= 15 is 0 Å². The third-order valence-electron chi connectivity index (χ3n) is 3.15. The van der Waals surface area contributed by atoms with Gasteiger partial charge in [0, 0.05) is 18.5 Å². The molecule has 2 atom stereocenters. The quantitative estimate of drug-likeness (QED) is 0.651. The Balaban J connectivity index is 2.06. The summed E-state index contributed by atoms with van der Waals surface area (Å²) in [5, 5.41) is 0. The zero-order valence-corrected chi connectivity index (χ0v) is 10.7. The van der Waals surface area contributed by atoms with Crippen LogP contribution < -0.4 is 0 Å². The van der Waals surface area contributed by atoms with E-state index in [0.717, 1.165) is 12.5 Å². The molecule has 0 aromatic carbocycles. The minimum Gasteiger partial charge on any atom is -0.547 e. The van der Waals surface area contributed by atoms with Crippen LogP contribution in [0.4, 0.5) is 0 Å². The first-order chi connectivity index (χ1) is 6.46. The van der Waals surface area contributed by atoms with Crippen molar-refractivity contribution in [3.8, 4) is 0 Å². The summed E-state index contributed by atoms with van der Waals surface area (Å²) in [6.07, 6.45) is 6.15. The molecular formula is C11H21NOSi. The van der Waals surface area contributed by atoms with Gasteiger partial charge in [-0.3, -0.25) is 4.90 Å². The molecule has 2 heterocycles. The molecule has 1 fully saturated rings. The monoisotopic (exact) mass is 211 g/mol. The molecule has 0 N–H and O–H groups in total. The molecule has 1 saturated heterocycles. The van der Waals surface area contributed by atoms with E-state index in [9.17, 15) is 0 Å². The second-order valence-electron chi connectivity index (χ2n) is 5.52. The lowest BCUT2D eigenvalue weighted by Gasteiger charge is -2.33. The van der Waals surface area contributed by atoms with Gasteiger partial charge in [-0.05, 0) is 45.6 Å². The molecule has 0 aromatic heterocycles. The normalized spacial score (nSPS) is 33.0. The lowest BCUT2D eigenvalue weighted by molar-refractivity contribution is 0.221. The van der Waals surface area contributed by atoms with E-state index in [1.165, 1.54) is 18.6 Å². The molecule has 80 valence electrons. The summed E-state index contributed by atoms with van der Waals surface area (Å²) in [6.45, 7) is 6.77. The Bertz CT molecular complexity index is 257. The first-order valence-corrected chi connectivity index (χ1v) is 8.98. The maximum absolute atomic E-state index is 6.08. The van der Waals surface area contributed by atoms with Gasteiger partial charge in [-0.1, -0.05) is 0 Å². The Hall–Kier alpha value is -0.283. The minimum atomic E-state index is -1.38. The van der Waals surface area contributed by atoms with E-state index in [4.69, 9.17) is 4.43 Å². The SMILES string of the molecule is CN1C2C=C(O[Si](C)(C)C)CC1CC2. The zero-order valence-electron chi connectivity index (χ0n) is 9.71. The van der Waals surface area contributed by atoms with Crippen molar-refractivity contribution in [3.63, 3.8) is 0 Å². The number of rotatable bonds is 2. The van der Waals surface area contributed by atoms with Crippen LogP contribution in [0.3, 0.4) is 0 Å². The molecule has 2 rings (SSSR count). The smallest absolute Gasteiger partial charge is 0.241 e. The number of fused-ring (bicyclic) bond motifs is 2. The van der Waals surface area contributed by atoms with Gasteiger partial charge >= 0.3 is 0 Å². The van der Waals surface area contributed by atoms with E-state index in [0.29, 0.717) is 6.04 Å². The molecule has 0 aromatic rings. The van der Waals surface area contributed by atoms with Crippen molar-refractivity contribution < 1.29 is 4.43 Å². The standard InChI is InChI=1S/C11H21NOSi/c1-12-9-5-6-10(12)8-11(7-9)13-14(2,3)4/h7,9-10H,5-6,8H2,1-4H3. The highest BCUT2D eigenvalue weighted by atomic mass is 28.4.